The lowest BCUT2D eigenvalue weighted by Crippen LogP contribution is -1.98. The highest BCUT2D eigenvalue weighted by molar-refractivity contribution is 9.10. The third kappa shape index (κ3) is 2.78. The summed E-state index contributed by atoms with van der Waals surface area (Å²) in [6, 6.07) is 7.75. The van der Waals surface area contributed by atoms with Crippen molar-refractivity contribution in [2.45, 2.75) is 4.83 Å². The molecule has 0 heterocycles. The van der Waals surface area contributed by atoms with E-state index in [1.165, 1.54) is 18.2 Å². The summed E-state index contributed by atoms with van der Waals surface area (Å²) in [5.41, 5.74) is 0.976. The van der Waals surface area contributed by atoms with Gasteiger partial charge in [0.2, 0.25) is 0 Å². The van der Waals surface area contributed by atoms with Crippen LogP contribution in [0.2, 0.25) is 0 Å². The minimum absolute atomic E-state index is 0.298. The second kappa shape index (κ2) is 5.45. The van der Waals surface area contributed by atoms with E-state index >= 15 is 0 Å². The van der Waals surface area contributed by atoms with E-state index in [-0.39, 0.29) is 0 Å². The van der Waals surface area contributed by atoms with Crippen LogP contribution in [0.25, 0.3) is 0 Å². The van der Waals surface area contributed by atoms with Crippen molar-refractivity contribution in [1.82, 2.24) is 0 Å². The van der Waals surface area contributed by atoms with Gasteiger partial charge in [0.05, 0.1) is 9.30 Å². The topological polar surface area (TPSA) is 0 Å². The lowest BCUT2D eigenvalue weighted by atomic mass is 10.0. The molecule has 2 rings (SSSR count). The fourth-order valence-corrected chi connectivity index (χ4v) is 2.61. The van der Waals surface area contributed by atoms with Crippen LogP contribution in [0.15, 0.2) is 40.9 Å². The van der Waals surface area contributed by atoms with Gasteiger partial charge in [-0.1, -0.05) is 28.1 Å². The third-order valence-corrected chi connectivity index (χ3v) is 4.10. The van der Waals surface area contributed by atoms with Gasteiger partial charge < -0.3 is 0 Å². The molecule has 0 spiro atoms. The van der Waals surface area contributed by atoms with Crippen molar-refractivity contribution in [2.75, 3.05) is 0 Å². The number of alkyl halides is 1. The molecule has 0 fully saturated rings. The summed E-state index contributed by atoms with van der Waals surface area (Å²) < 4.78 is 39.8. The molecule has 2 aromatic rings. The van der Waals surface area contributed by atoms with Crippen molar-refractivity contribution < 1.29 is 13.2 Å². The Morgan fingerprint density at radius 2 is 1.61 bits per heavy atom. The van der Waals surface area contributed by atoms with Crippen LogP contribution >= 0.6 is 31.9 Å². The molecule has 0 radical (unpaired) electrons. The first-order valence-corrected chi connectivity index (χ1v) is 6.74. The van der Waals surface area contributed by atoms with Crippen LogP contribution in [0, 0.1) is 17.5 Å². The maximum Gasteiger partial charge on any atom is 0.137 e. The van der Waals surface area contributed by atoms with Gasteiger partial charge in [0.1, 0.15) is 17.5 Å². The summed E-state index contributed by atoms with van der Waals surface area (Å²) >= 11 is 6.39. The van der Waals surface area contributed by atoms with E-state index in [4.69, 9.17) is 0 Å². The molecule has 0 nitrogen and oxygen atoms in total. The number of hydrogen-bond acceptors (Lipinski definition) is 0. The maximum atomic E-state index is 13.6. The van der Waals surface area contributed by atoms with Gasteiger partial charge in [-0.3, -0.25) is 0 Å². The molecule has 0 N–H and O–H groups in total. The highest BCUT2D eigenvalue weighted by Crippen LogP contribution is 2.34. The Kier molecular flexibility index (Phi) is 4.12. The van der Waals surface area contributed by atoms with E-state index in [1.807, 2.05) is 0 Å². The Bertz CT molecular complexity index is 584. The van der Waals surface area contributed by atoms with Gasteiger partial charge >= 0.3 is 0 Å². The quantitative estimate of drug-likeness (QED) is 0.617. The number of rotatable bonds is 2. The Hall–Kier alpha value is -0.810. The summed E-state index contributed by atoms with van der Waals surface area (Å²) in [4.78, 5) is -0.463. The average Bonchev–Trinajstić information content (AvgIpc) is 2.32. The van der Waals surface area contributed by atoms with Gasteiger partial charge in [0, 0.05) is 11.6 Å². The zero-order valence-electron chi connectivity index (χ0n) is 8.93. The van der Waals surface area contributed by atoms with E-state index in [9.17, 15) is 13.2 Å². The maximum absolute atomic E-state index is 13.6. The molecule has 5 heteroatoms. The van der Waals surface area contributed by atoms with E-state index in [0.29, 0.717) is 15.6 Å². The first-order chi connectivity index (χ1) is 8.49. The Morgan fingerprint density at radius 3 is 2.22 bits per heavy atom. The minimum Gasteiger partial charge on any atom is -0.207 e. The minimum atomic E-state index is -0.641. The predicted molar refractivity (Wildman–Crippen MR) is 71.2 cm³/mol. The second-order valence-electron chi connectivity index (χ2n) is 3.70. The molecular formula is C13H7Br2F3. The Labute approximate surface area is 119 Å². The highest BCUT2D eigenvalue weighted by Gasteiger charge is 2.16. The standard InChI is InChI=1S/C13H7Br2F3/c14-10-5-7(1-4-11(10)17)13(15)9-3-2-8(16)6-12(9)18/h1-6,13H. The van der Waals surface area contributed by atoms with Crippen molar-refractivity contribution in [3.63, 3.8) is 0 Å². The monoisotopic (exact) mass is 378 g/mol. The van der Waals surface area contributed by atoms with Crippen LogP contribution in [-0.2, 0) is 0 Å². The van der Waals surface area contributed by atoms with Crippen molar-refractivity contribution >= 4 is 31.9 Å². The summed E-state index contributed by atoms with van der Waals surface area (Å²) in [5.74, 6) is -1.66. The molecule has 0 amide bonds. The third-order valence-electron chi connectivity index (χ3n) is 2.47. The molecule has 0 aliphatic heterocycles. The summed E-state index contributed by atoms with van der Waals surface area (Å²) in [6.07, 6.45) is 0. The van der Waals surface area contributed by atoms with E-state index in [2.05, 4.69) is 31.9 Å². The molecule has 18 heavy (non-hydrogen) atoms. The number of halogens is 5. The lowest BCUT2D eigenvalue weighted by molar-refractivity contribution is 0.574. The van der Waals surface area contributed by atoms with E-state index < -0.39 is 22.3 Å². The van der Waals surface area contributed by atoms with Gasteiger partial charge in [-0.05, 0) is 39.7 Å². The average molecular weight is 380 g/mol. The van der Waals surface area contributed by atoms with Crippen LogP contribution in [-0.4, -0.2) is 0 Å². The molecule has 0 bridgehead atoms. The predicted octanol–water partition coefficient (Wildman–Crippen LogP) is 5.35. The molecule has 94 valence electrons. The highest BCUT2D eigenvalue weighted by atomic mass is 79.9. The summed E-state index contributed by atoms with van der Waals surface area (Å²) in [6.45, 7) is 0. The second-order valence-corrected chi connectivity index (χ2v) is 5.47. The molecule has 1 unspecified atom stereocenters. The number of hydrogen-bond donors (Lipinski definition) is 0. The van der Waals surface area contributed by atoms with Gasteiger partial charge in [0.15, 0.2) is 0 Å². The fraction of sp³-hybridized carbons (Fsp3) is 0.0769. The zero-order valence-corrected chi connectivity index (χ0v) is 12.1. The molecule has 0 saturated heterocycles. The fourth-order valence-electron chi connectivity index (χ4n) is 1.56. The molecule has 0 aliphatic carbocycles. The summed E-state index contributed by atoms with van der Waals surface area (Å²) in [7, 11) is 0. The Morgan fingerprint density at radius 1 is 0.889 bits per heavy atom. The van der Waals surface area contributed by atoms with Gasteiger partial charge in [-0.25, -0.2) is 13.2 Å². The largest absolute Gasteiger partial charge is 0.207 e. The zero-order chi connectivity index (χ0) is 13.3. The molecule has 2 aromatic carbocycles. The van der Waals surface area contributed by atoms with Crippen molar-refractivity contribution in [3.8, 4) is 0 Å². The SMILES string of the molecule is Fc1ccc(C(Br)c2ccc(F)c(Br)c2)c(F)c1. The first-order valence-electron chi connectivity index (χ1n) is 5.03. The van der Waals surface area contributed by atoms with Crippen LogP contribution in [0.1, 0.15) is 16.0 Å². The molecule has 0 aliphatic rings. The van der Waals surface area contributed by atoms with Crippen LogP contribution in [0.5, 0.6) is 0 Å². The van der Waals surface area contributed by atoms with Crippen molar-refractivity contribution in [2.24, 2.45) is 0 Å². The van der Waals surface area contributed by atoms with Gasteiger partial charge in [0.25, 0.3) is 0 Å². The van der Waals surface area contributed by atoms with Crippen LogP contribution < -0.4 is 0 Å². The molecule has 0 saturated carbocycles. The van der Waals surface area contributed by atoms with Crippen molar-refractivity contribution in [3.05, 3.63) is 69.4 Å². The smallest absolute Gasteiger partial charge is 0.137 e. The van der Waals surface area contributed by atoms with E-state index in [1.54, 1.807) is 12.1 Å². The Balaban J connectivity index is 2.41. The lowest BCUT2D eigenvalue weighted by Gasteiger charge is -2.12. The molecular weight excluding hydrogens is 373 g/mol. The van der Waals surface area contributed by atoms with Crippen LogP contribution in [0.4, 0.5) is 13.2 Å². The molecule has 1 atom stereocenters. The van der Waals surface area contributed by atoms with E-state index in [0.717, 1.165) is 6.07 Å². The molecule has 0 aromatic heterocycles. The van der Waals surface area contributed by atoms with Crippen molar-refractivity contribution in [1.29, 1.82) is 0 Å². The van der Waals surface area contributed by atoms with Gasteiger partial charge in [-0.15, -0.1) is 0 Å². The number of benzene rings is 2. The normalized spacial score (nSPS) is 12.5. The first kappa shape index (κ1) is 13.6. The van der Waals surface area contributed by atoms with Gasteiger partial charge in [-0.2, -0.15) is 0 Å². The van der Waals surface area contributed by atoms with Crippen LogP contribution in [0.3, 0.4) is 0 Å². The summed E-state index contributed by atoms with van der Waals surface area (Å²) in [5, 5.41) is 0.